The van der Waals surface area contributed by atoms with E-state index in [1.807, 2.05) is 10.7 Å². The highest BCUT2D eigenvalue weighted by Crippen LogP contribution is 2.25. The van der Waals surface area contributed by atoms with Gasteiger partial charge in [-0.25, -0.2) is 9.67 Å². The number of hydrogen-bond acceptors (Lipinski definition) is 4. The van der Waals surface area contributed by atoms with Crippen LogP contribution in [0, 0.1) is 0 Å². The zero-order valence-corrected chi connectivity index (χ0v) is 15.5. The normalized spacial score (nSPS) is 21.2. The van der Waals surface area contributed by atoms with E-state index in [0.29, 0.717) is 5.56 Å². The molecule has 6 heteroatoms. The summed E-state index contributed by atoms with van der Waals surface area (Å²) < 4.78 is 1.87. The molecule has 3 rings (SSSR count). The van der Waals surface area contributed by atoms with Gasteiger partial charge in [-0.15, -0.1) is 0 Å². The van der Waals surface area contributed by atoms with Gasteiger partial charge in [0.05, 0.1) is 23.3 Å². The molecule has 6 nitrogen and oxygen atoms in total. The van der Waals surface area contributed by atoms with E-state index < -0.39 is 0 Å². The minimum atomic E-state index is -0.224. The molecule has 2 aromatic rings. The fourth-order valence-corrected chi connectivity index (χ4v) is 3.38. The number of rotatable bonds is 4. The molecule has 2 heterocycles. The van der Waals surface area contributed by atoms with Gasteiger partial charge in [-0.1, -0.05) is 13.8 Å². The van der Waals surface area contributed by atoms with E-state index in [1.54, 1.807) is 6.20 Å². The summed E-state index contributed by atoms with van der Waals surface area (Å²) in [4.78, 5) is 17.7. The second kappa shape index (κ2) is 7.12. The van der Waals surface area contributed by atoms with Crippen LogP contribution in [0.25, 0.3) is 11.0 Å². The Morgan fingerprint density at radius 1 is 1.24 bits per heavy atom. The van der Waals surface area contributed by atoms with Gasteiger partial charge < -0.3 is 10.4 Å². The summed E-state index contributed by atoms with van der Waals surface area (Å²) in [6.45, 7) is 8.27. The summed E-state index contributed by atoms with van der Waals surface area (Å²) in [5.74, 6) is 0.162. The van der Waals surface area contributed by atoms with Gasteiger partial charge in [-0.05, 0) is 51.5 Å². The lowest BCUT2D eigenvalue weighted by Crippen LogP contribution is -2.38. The Hall–Kier alpha value is -1.95. The molecule has 1 saturated carbocycles. The van der Waals surface area contributed by atoms with Gasteiger partial charge in [0.2, 0.25) is 0 Å². The van der Waals surface area contributed by atoms with E-state index in [2.05, 4.69) is 38.1 Å². The summed E-state index contributed by atoms with van der Waals surface area (Å²) in [5, 5.41) is 18.0. The lowest BCUT2D eigenvalue weighted by atomic mass is 9.93. The van der Waals surface area contributed by atoms with Crippen LogP contribution in [0.2, 0.25) is 0 Å². The molecule has 2 aromatic heterocycles. The van der Waals surface area contributed by atoms with Crippen LogP contribution in [0.3, 0.4) is 0 Å². The van der Waals surface area contributed by atoms with Crippen LogP contribution in [-0.4, -0.2) is 37.9 Å². The lowest BCUT2D eigenvalue weighted by molar-refractivity contribution is 0.0869. The summed E-state index contributed by atoms with van der Waals surface area (Å²) in [7, 11) is 0. The van der Waals surface area contributed by atoms with E-state index in [4.69, 9.17) is 4.98 Å². The first-order valence-corrected chi connectivity index (χ1v) is 9.24. The van der Waals surface area contributed by atoms with E-state index in [-0.39, 0.29) is 30.0 Å². The first-order valence-electron chi connectivity index (χ1n) is 9.24. The van der Waals surface area contributed by atoms with Crippen molar-refractivity contribution in [3.63, 3.8) is 0 Å². The number of hydrogen-bond donors (Lipinski definition) is 2. The number of aromatic nitrogens is 3. The number of pyridine rings is 1. The van der Waals surface area contributed by atoms with Crippen molar-refractivity contribution in [3.05, 3.63) is 23.5 Å². The highest BCUT2D eigenvalue weighted by molar-refractivity contribution is 6.05. The molecule has 136 valence electrons. The third-order valence-corrected chi connectivity index (χ3v) is 4.94. The molecule has 0 bridgehead atoms. The molecular formula is C19H28N4O2. The van der Waals surface area contributed by atoms with Gasteiger partial charge in [-0.2, -0.15) is 5.10 Å². The lowest BCUT2D eigenvalue weighted by Gasteiger charge is -2.26. The fraction of sp³-hybridized carbons (Fsp3) is 0.632. The summed E-state index contributed by atoms with van der Waals surface area (Å²) in [6, 6.07) is 2.21. The second-order valence-electron chi connectivity index (χ2n) is 7.65. The molecule has 2 N–H and O–H groups in total. The highest BCUT2D eigenvalue weighted by atomic mass is 16.3. The van der Waals surface area contributed by atoms with E-state index >= 15 is 0 Å². The summed E-state index contributed by atoms with van der Waals surface area (Å²) in [6.07, 6.45) is 4.66. The van der Waals surface area contributed by atoms with Crippen molar-refractivity contribution in [2.24, 2.45) is 0 Å². The average molecular weight is 344 g/mol. The number of amides is 1. The molecule has 0 radical (unpaired) electrons. The Morgan fingerprint density at radius 2 is 1.92 bits per heavy atom. The molecule has 0 aromatic carbocycles. The minimum absolute atomic E-state index is 0.0704. The smallest absolute Gasteiger partial charge is 0.252 e. The van der Waals surface area contributed by atoms with Crippen molar-refractivity contribution < 1.29 is 9.90 Å². The first-order chi connectivity index (χ1) is 11.9. The van der Waals surface area contributed by atoms with Crippen LogP contribution in [0.4, 0.5) is 0 Å². The molecule has 0 aliphatic heterocycles. The van der Waals surface area contributed by atoms with Crippen LogP contribution in [-0.2, 0) is 0 Å². The van der Waals surface area contributed by atoms with Crippen molar-refractivity contribution >= 4 is 16.9 Å². The zero-order valence-electron chi connectivity index (χ0n) is 15.5. The molecule has 0 unspecified atom stereocenters. The van der Waals surface area contributed by atoms with E-state index in [0.717, 1.165) is 42.4 Å². The number of aliphatic hydroxyl groups excluding tert-OH is 1. The SMILES string of the molecule is CC(C)c1cc(C(=O)NC2CCC(O)CC2)c2cnn(C(C)C)c2n1. The third-order valence-electron chi connectivity index (χ3n) is 4.94. The summed E-state index contributed by atoms with van der Waals surface area (Å²) >= 11 is 0. The van der Waals surface area contributed by atoms with Gasteiger partial charge in [0.15, 0.2) is 5.65 Å². The van der Waals surface area contributed by atoms with Crippen molar-refractivity contribution in [2.45, 2.75) is 77.5 Å². The molecular weight excluding hydrogens is 316 g/mol. The molecule has 1 fully saturated rings. The maximum atomic E-state index is 12.9. The van der Waals surface area contributed by atoms with Crippen molar-refractivity contribution in [2.75, 3.05) is 0 Å². The number of carbonyl (C=O) groups excluding carboxylic acids is 1. The first kappa shape index (κ1) is 17.9. The van der Waals surface area contributed by atoms with Crippen molar-refractivity contribution in [1.82, 2.24) is 20.1 Å². The molecule has 0 spiro atoms. The number of nitrogens with one attached hydrogen (secondary N) is 1. The molecule has 0 saturated heterocycles. The topological polar surface area (TPSA) is 80.0 Å². The van der Waals surface area contributed by atoms with Crippen LogP contribution in [0.1, 0.15) is 81.4 Å². The van der Waals surface area contributed by atoms with Gasteiger partial charge >= 0.3 is 0 Å². The maximum absolute atomic E-state index is 12.9. The van der Waals surface area contributed by atoms with Crippen LogP contribution < -0.4 is 5.32 Å². The molecule has 25 heavy (non-hydrogen) atoms. The highest BCUT2D eigenvalue weighted by Gasteiger charge is 2.24. The van der Waals surface area contributed by atoms with Crippen molar-refractivity contribution in [3.8, 4) is 0 Å². The van der Waals surface area contributed by atoms with E-state index in [9.17, 15) is 9.90 Å². The van der Waals surface area contributed by atoms with Gasteiger partial charge in [-0.3, -0.25) is 4.79 Å². The number of fused-ring (bicyclic) bond motifs is 1. The Bertz CT molecular complexity index is 758. The Balaban J connectivity index is 1.95. The average Bonchev–Trinajstić information content (AvgIpc) is 3.00. The number of aliphatic hydroxyl groups is 1. The largest absolute Gasteiger partial charge is 0.393 e. The third kappa shape index (κ3) is 3.68. The Morgan fingerprint density at radius 3 is 2.52 bits per heavy atom. The van der Waals surface area contributed by atoms with Crippen LogP contribution >= 0.6 is 0 Å². The van der Waals surface area contributed by atoms with Gasteiger partial charge in [0, 0.05) is 17.8 Å². The molecule has 0 atom stereocenters. The fourth-order valence-electron chi connectivity index (χ4n) is 3.38. The second-order valence-corrected chi connectivity index (χ2v) is 7.65. The van der Waals surface area contributed by atoms with Crippen LogP contribution in [0.15, 0.2) is 12.3 Å². The predicted molar refractivity (Wildman–Crippen MR) is 97.7 cm³/mol. The van der Waals surface area contributed by atoms with E-state index in [1.165, 1.54) is 0 Å². The minimum Gasteiger partial charge on any atom is -0.393 e. The van der Waals surface area contributed by atoms with Crippen LogP contribution in [0.5, 0.6) is 0 Å². The Labute approximate surface area is 148 Å². The van der Waals surface area contributed by atoms with Crippen molar-refractivity contribution in [1.29, 1.82) is 0 Å². The van der Waals surface area contributed by atoms with Gasteiger partial charge in [0.1, 0.15) is 0 Å². The summed E-state index contributed by atoms with van der Waals surface area (Å²) in [5.41, 5.74) is 2.32. The van der Waals surface area contributed by atoms with Gasteiger partial charge in [0.25, 0.3) is 5.91 Å². The standard InChI is InChI=1S/C19H28N4O2/c1-11(2)17-9-15(16-10-20-23(12(3)4)18(16)22-17)19(25)21-13-5-7-14(24)8-6-13/h9-14,24H,5-8H2,1-4H3,(H,21,25). The molecule has 1 aliphatic carbocycles. The maximum Gasteiger partial charge on any atom is 0.252 e. The Kier molecular flexibility index (Phi) is 5.08. The zero-order chi connectivity index (χ0) is 18.1. The quantitative estimate of drug-likeness (QED) is 0.893. The molecule has 1 amide bonds. The monoisotopic (exact) mass is 344 g/mol. The number of carbonyl (C=O) groups is 1. The molecule has 1 aliphatic rings. The number of nitrogens with zero attached hydrogens (tertiary/aromatic N) is 3. The predicted octanol–water partition coefficient (Wildman–Crippen LogP) is 3.17.